The van der Waals surface area contributed by atoms with Crippen LogP contribution in [0.15, 0.2) is 30.3 Å². The molecule has 1 saturated heterocycles. The van der Waals surface area contributed by atoms with Crippen LogP contribution < -0.4 is 5.73 Å². The molecule has 1 spiro atoms. The predicted molar refractivity (Wildman–Crippen MR) is 73.8 cm³/mol. The molecule has 106 valence electrons. The summed E-state index contributed by atoms with van der Waals surface area (Å²) in [5.41, 5.74) is 5.91. The number of amides is 1. The van der Waals surface area contributed by atoms with E-state index in [-0.39, 0.29) is 5.92 Å². The number of hydrogen-bond donors (Lipinski definition) is 1. The number of ether oxygens (including phenoxy) is 1. The molecular weight excluding hydrogens is 254 g/mol. The number of hydrogen-bond acceptors (Lipinski definition) is 3. The summed E-state index contributed by atoms with van der Waals surface area (Å²) in [7, 11) is 0. The van der Waals surface area contributed by atoms with Crippen LogP contribution >= 0.6 is 0 Å². The SMILES string of the molecule is NC(=O)[C@H]1C(=O)OC2(CCCCC2)[C@H]1c1ccccc1. The van der Waals surface area contributed by atoms with Crippen molar-refractivity contribution in [2.75, 3.05) is 0 Å². The highest BCUT2D eigenvalue weighted by Crippen LogP contribution is 2.51. The second kappa shape index (κ2) is 4.93. The molecule has 4 heteroatoms. The van der Waals surface area contributed by atoms with E-state index in [1.165, 1.54) is 0 Å². The summed E-state index contributed by atoms with van der Waals surface area (Å²) in [6, 6.07) is 9.69. The van der Waals surface area contributed by atoms with Crippen LogP contribution in [0.5, 0.6) is 0 Å². The number of esters is 1. The molecule has 2 N–H and O–H groups in total. The van der Waals surface area contributed by atoms with E-state index < -0.39 is 23.4 Å². The second-order valence-corrected chi connectivity index (χ2v) is 5.81. The van der Waals surface area contributed by atoms with Crippen molar-refractivity contribution in [3.05, 3.63) is 35.9 Å². The van der Waals surface area contributed by atoms with E-state index in [9.17, 15) is 9.59 Å². The summed E-state index contributed by atoms with van der Waals surface area (Å²) in [5.74, 6) is -2.12. The monoisotopic (exact) mass is 273 g/mol. The fourth-order valence-corrected chi connectivity index (χ4v) is 3.77. The van der Waals surface area contributed by atoms with Gasteiger partial charge >= 0.3 is 5.97 Å². The summed E-state index contributed by atoms with van der Waals surface area (Å²) in [6.45, 7) is 0. The second-order valence-electron chi connectivity index (χ2n) is 5.81. The fraction of sp³-hybridized carbons (Fsp3) is 0.500. The fourth-order valence-electron chi connectivity index (χ4n) is 3.77. The van der Waals surface area contributed by atoms with Crippen molar-refractivity contribution in [1.82, 2.24) is 0 Å². The van der Waals surface area contributed by atoms with Gasteiger partial charge in [0.25, 0.3) is 0 Å². The lowest BCUT2D eigenvalue weighted by Gasteiger charge is -2.37. The molecule has 1 aromatic carbocycles. The average molecular weight is 273 g/mol. The lowest BCUT2D eigenvalue weighted by Crippen LogP contribution is -2.39. The van der Waals surface area contributed by atoms with Gasteiger partial charge in [-0.05, 0) is 31.2 Å². The Balaban J connectivity index is 2.06. The number of benzene rings is 1. The van der Waals surface area contributed by atoms with Gasteiger partial charge in [-0.1, -0.05) is 36.8 Å². The van der Waals surface area contributed by atoms with E-state index in [0.717, 1.165) is 37.7 Å². The van der Waals surface area contributed by atoms with Crippen molar-refractivity contribution in [3.63, 3.8) is 0 Å². The van der Waals surface area contributed by atoms with Gasteiger partial charge in [0.15, 0.2) is 0 Å². The minimum Gasteiger partial charge on any atom is -0.458 e. The summed E-state index contributed by atoms with van der Waals surface area (Å²) in [6.07, 6.45) is 4.86. The van der Waals surface area contributed by atoms with Crippen molar-refractivity contribution in [3.8, 4) is 0 Å². The quantitative estimate of drug-likeness (QED) is 0.663. The molecule has 2 atom stereocenters. The molecule has 1 saturated carbocycles. The summed E-state index contributed by atoms with van der Waals surface area (Å²) in [4.78, 5) is 23.9. The standard InChI is InChI=1S/C16H19NO3/c17-14(18)12-13(11-7-3-1-4-8-11)16(20-15(12)19)9-5-2-6-10-16/h1,3-4,7-8,12-13H,2,5-6,9-10H2,(H2,17,18)/t12-,13-/m0/s1. The third-order valence-corrected chi connectivity index (χ3v) is 4.62. The first-order valence-corrected chi connectivity index (χ1v) is 7.21. The van der Waals surface area contributed by atoms with Crippen LogP contribution in [0.2, 0.25) is 0 Å². The van der Waals surface area contributed by atoms with Gasteiger partial charge in [0.05, 0.1) is 0 Å². The summed E-state index contributed by atoms with van der Waals surface area (Å²) < 4.78 is 5.69. The van der Waals surface area contributed by atoms with Gasteiger partial charge in [-0.3, -0.25) is 9.59 Å². The minimum absolute atomic E-state index is 0.242. The highest BCUT2D eigenvalue weighted by atomic mass is 16.6. The van der Waals surface area contributed by atoms with Crippen LogP contribution in [-0.4, -0.2) is 17.5 Å². The van der Waals surface area contributed by atoms with Crippen molar-refractivity contribution in [1.29, 1.82) is 0 Å². The van der Waals surface area contributed by atoms with Crippen molar-refractivity contribution in [2.45, 2.75) is 43.6 Å². The molecule has 3 rings (SSSR count). The Morgan fingerprint density at radius 3 is 2.40 bits per heavy atom. The van der Waals surface area contributed by atoms with Gasteiger partial charge < -0.3 is 10.5 Å². The van der Waals surface area contributed by atoms with Crippen LogP contribution in [0.25, 0.3) is 0 Å². The van der Waals surface area contributed by atoms with Gasteiger partial charge in [0, 0.05) is 5.92 Å². The number of nitrogens with two attached hydrogens (primary N) is 1. The number of rotatable bonds is 2. The zero-order valence-electron chi connectivity index (χ0n) is 11.4. The molecular formula is C16H19NO3. The van der Waals surface area contributed by atoms with E-state index in [1.54, 1.807) is 0 Å². The largest absolute Gasteiger partial charge is 0.458 e. The molecule has 20 heavy (non-hydrogen) atoms. The van der Waals surface area contributed by atoms with Gasteiger partial charge in [-0.15, -0.1) is 0 Å². The maximum absolute atomic E-state index is 12.1. The van der Waals surface area contributed by atoms with Gasteiger partial charge in [0.2, 0.25) is 5.91 Å². The Morgan fingerprint density at radius 1 is 1.15 bits per heavy atom. The zero-order valence-corrected chi connectivity index (χ0v) is 11.4. The Kier molecular flexibility index (Phi) is 3.24. The van der Waals surface area contributed by atoms with E-state index in [0.29, 0.717) is 0 Å². The van der Waals surface area contributed by atoms with Gasteiger partial charge in [-0.2, -0.15) is 0 Å². The van der Waals surface area contributed by atoms with E-state index in [1.807, 2.05) is 30.3 Å². The summed E-state index contributed by atoms with van der Waals surface area (Å²) in [5, 5.41) is 0. The molecule has 1 aromatic rings. The molecule has 2 fully saturated rings. The molecule has 1 aliphatic heterocycles. The number of carbonyl (C=O) groups is 2. The first-order valence-electron chi connectivity index (χ1n) is 7.21. The van der Waals surface area contributed by atoms with Crippen molar-refractivity contribution >= 4 is 11.9 Å². The highest BCUT2D eigenvalue weighted by Gasteiger charge is 2.58. The van der Waals surface area contributed by atoms with E-state index in [2.05, 4.69) is 0 Å². The molecule has 4 nitrogen and oxygen atoms in total. The number of primary amides is 1. The molecule has 0 bridgehead atoms. The minimum atomic E-state index is -0.851. The number of carbonyl (C=O) groups excluding carboxylic acids is 2. The topological polar surface area (TPSA) is 69.4 Å². The van der Waals surface area contributed by atoms with Crippen LogP contribution in [0.1, 0.15) is 43.6 Å². The normalized spacial score (nSPS) is 28.3. The molecule has 1 aliphatic carbocycles. The predicted octanol–water partition coefficient (Wildman–Crippen LogP) is 2.13. The Hall–Kier alpha value is -1.84. The van der Waals surface area contributed by atoms with Crippen LogP contribution in [0.3, 0.4) is 0 Å². The average Bonchev–Trinajstić information content (AvgIpc) is 2.73. The van der Waals surface area contributed by atoms with Crippen LogP contribution in [0.4, 0.5) is 0 Å². The Bertz CT molecular complexity index is 520. The van der Waals surface area contributed by atoms with Crippen LogP contribution in [0, 0.1) is 5.92 Å². The maximum Gasteiger partial charge on any atom is 0.319 e. The Morgan fingerprint density at radius 2 is 1.80 bits per heavy atom. The molecule has 2 aliphatic rings. The van der Waals surface area contributed by atoms with Gasteiger partial charge in [0.1, 0.15) is 11.5 Å². The smallest absolute Gasteiger partial charge is 0.319 e. The van der Waals surface area contributed by atoms with Gasteiger partial charge in [-0.25, -0.2) is 0 Å². The van der Waals surface area contributed by atoms with Crippen molar-refractivity contribution in [2.24, 2.45) is 11.7 Å². The molecule has 0 radical (unpaired) electrons. The molecule has 0 aromatic heterocycles. The first kappa shape index (κ1) is 13.2. The molecule has 1 heterocycles. The Labute approximate surface area is 118 Å². The van der Waals surface area contributed by atoms with Crippen LogP contribution in [-0.2, 0) is 14.3 Å². The maximum atomic E-state index is 12.1. The van der Waals surface area contributed by atoms with E-state index >= 15 is 0 Å². The molecule has 0 unspecified atom stereocenters. The highest BCUT2D eigenvalue weighted by molar-refractivity contribution is 6.00. The third kappa shape index (κ3) is 1.99. The lowest BCUT2D eigenvalue weighted by molar-refractivity contribution is -0.154. The first-order chi connectivity index (χ1) is 9.64. The van der Waals surface area contributed by atoms with Crippen molar-refractivity contribution < 1.29 is 14.3 Å². The summed E-state index contributed by atoms with van der Waals surface area (Å²) >= 11 is 0. The third-order valence-electron chi connectivity index (χ3n) is 4.62. The zero-order chi connectivity index (χ0) is 14.2. The molecule has 1 amide bonds. The lowest BCUT2D eigenvalue weighted by atomic mass is 9.69. The van der Waals surface area contributed by atoms with E-state index in [4.69, 9.17) is 10.5 Å².